The number of aliphatic hydroxyl groups excluding tert-OH is 2. The molecule has 444 valence electrons. The number of esters is 1. The molecule has 75 heavy (non-hydrogen) atoms. The summed E-state index contributed by atoms with van der Waals surface area (Å²) in [5.74, 6) is -0.0521. The van der Waals surface area contributed by atoms with Gasteiger partial charge in [0.2, 0.25) is 5.91 Å². The number of rotatable bonds is 64. The second-order valence-corrected chi connectivity index (χ2v) is 23.5. The molecule has 0 aromatic heterocycles. The summed E-state index contributed by atoms with van der Waals surface area (Å²) < 4.78 is 5.47. The molecule has 6 heteroatoms. The number of nitrogens with one attached hydrogen (secondary N) is 1. The van der Waals surface area contributed by atoms with Crippen molar-refractivity contribution in [3.8, 4) is 0 Å². The molecule has 0 aliphatic rings. The van der Waals surface area contributed by atoms with Crippen molar-refractivity contribution in [1.82, 2.24) is 5.32 Å². The number of aliphatic hydroxyl groups is 2. The molecule has 3 N–H and O–H groups in total. The van der Waals surface area contributed by atoms with Gasteiger partial charge in [-0.2, -0.15) is 0 Å². The highest BCUT2D eigenvalue weighted by Crippen LogP contribution is 2.19. The zero-order chi connectivity index (χ0) is 54.3. The Labute approximate surface area is 469 Å². The molecule has 0 rings (SSSR count). The van der Waals surface area contributed by atoms with Crippen LogP contribution < -0.4 is 5.32 Å². The maximum absolute atomic E-state index is 12.5. The summed E-state index contributed by atoms with van der Waals surface area (Å²) in [6, 6.07) is -0.625. The number of carbonyl (C=O) groups excluding carboxylic acids is 2. The number of allylic oxidation sites excluding steroid dienone is 3. The van der Waals surface area contributed by atoms with Gasteiger partial charge in [-0.05, 0) is 51.4 Å². The summed E-state index contributed by atoms with van der Waals surface area (Å²) in [5.41, 5.74) is 0. The minimum Gasteiger partial charge on any atom is -0.466 e. The molecule has 0 fully saturated rings. The maximum Gasteiger partial charge on any atom is 0.305 e. The van der Waals surface area contributed by atoms with Gasteiger partial charge in [0.15, 0.2) is 0 Å². The molecule has 0 heterocycles. The molecule has 0 aromatic rings. The maximum atomic E-state index is 12.5. The van der Waals surface area contributed by atoms with Crippen molar-refractivity contribution in [1.29, 1.82) is 0 Å². The Morgan fingerprint density at radius 3 is 0.987 bits per heavy atom. The lowest BCUT2D eigenvalue weighted by Gasteiger charge is -2.20. The second kappa shape index (κ2) is 64.9. The van der Waals surface area contributed by atoms with E-state index in [4.69, 9.17) is 4.74 Å². The van der Waals surface area contributed by atoms with Crippen molar-refractivity contribution in [3.63, 3.8) is 0 Å². The van der Waals surface area contributed by atoms with E-state index in [9.17, 15) is 19.8 Å². The third-order valence-corrected chi connectivity index (χ3v) is 16.0. The number of ether oxygens (including phenoxy) is 1. The molecule has 0 aliphatic heterocycles. The summed E-state index contributed by atoms with van der Waals surface area (Å²) in [6.07, 6.45) is 81.1. The van der Waals surface area contributed by atoms with Gasteiger partial charge in [-0.1, -0.05) is 340 Å². The van der Waals surface area contributed by atoms with Crippen LogP contribution in [0.25, 0.3) is 0 Å². The van der Waals surface area contributed by atoms with Crippen molar-refractivity contribution in [2.24, 2.45) is 0 Å². The molecule has 0 aliphatic carbocycles. The quantitative estimate of drug-likeness (QED) is 0.0320. The van der Waals surface area contributed by atoms with Gasteiger partial charge in [-0.25, -0.2) is 0 Å². The van der Waals surface area contributed by atoms with E-state index in [2.05, 4.69) is 31.3 Å². The lowest BCUT2D eigenvalue weighted by atomic mass is 10.0. The van der Waals surface area contributed by atoms with Gasteiger partial charge in [0.1, 0.15) is 0 Å². The Kier molecular flexibility index (Phi) is 63.4. The fraction of sp³-hybridized carbons (Fsp3) is 0.913. The number of hydrogen-bond acceptors (Lipinski definition) is 5. The summed E-state index contributed by atoms with van der Waals surface area (Å²) in [5, 5.41) is 23.2. The van der Waals surface area contributed by atoms with Gasteiger partial charge in [-0.3, -0.25) is 9.59 Å². The van der Waals surface area contributed by atoms with Crippen molar-refractivity contribution in [2.75, 3.05) is 13.2 Å². The van der Waals surface area contributed by atoms with E-state index in [0.29, 0.717) is 19.4 Å². The number of amides is 1. The van der Waals surface area contributed by atoms with Crippen LogP contribution in [0.2, 0.25) is 0 Å². The fourth-order valence-electron chi connectivity index (χ4n) is 10.7. The van der Waals surface area contributed by atoms with Gasteiger partial charge < -0.3 is 20.3 Å². The Morgan fingerprint density at radius 2 is 0.640 bits per heavy atom. The molecule has 0 saturated heterocycles. The van der Waals surface area contributed by atoms with Gasteiger partial charge in [0.05, 0.1) is 25.4 Å². The minimum atomic E-state index is -0.841. The van der Waals surface area contributed by atoms with Crippen molar-refractivity contribution < 1.29 is 24.5 Å². The third-order valence-electron chi connectivity index (χ3n) is 16.0. The molecule has 6 nitrogen and oxygen atoms in total. The number of carbonyl (C=O) groups is 2. The van der Waals surface area contributed by atoms with Crippen LogP contribution in [0.3, 0.4) is 0 Å². The van der Waals surface area contributed by atoms with Gasteiger partial charge >= 0.3 is 5.97 Å². The average molecular weight is 1060 g/mol. The molecule has 0 saturated carbocycles. The van der Waals surface area contributed by atoms with E-state index in [0.717, 1.165) is 44.9 Å². The van der Waals surface area contributed by atoms with Crippen LogP contribution in [0.4, 0.5) is 0 Å². The molecule has 0 spiro atoms. The smallest absolute Gasteiger partial charge is 0.305 e. The van der Waals surface area contributed by atoms with Gasteiger partial charge in [0.25, 0.3) is 0 Å². The minimum absolute atomic E-state index is 0.00904. The summed E-state index contributed by atoms with van der Waals surface area (Å²) in [7, 11) is 0. The van der Waals surface area contributed by atoms with Crippen LogP contribution in [0.5, 0.6) is 0 Å². The molecular weight excluding hydrogens is 923 g/mol. The molecule has 0 radical (unpaired) electrons. The Balaban J connectivity index is 3.35. The predicted molar refractivity (Wildman–Crippen MR) is 329 cm³/mol. The van der Waals surface area contributed by atoms with Gasteiger partial charge in [-0.15, -0.1) is 0 Å². The van der Waals surface area contributed by atoms with Crippen molar-refractivity contribution >= 4 is 11.9 Å². The normalized spacial score (nSPS) is 12.6. The van der Waals surface area contributed by atoms with Gasteiger partial charge in [0, 0.05) is 12.8 Å². The first-order valence-electron chi connectivity index (χ1n) is 34.1. The van der Waals surface area contributed by atoms with Crippen LogP contribution in [0.15, 0.2) is 24.3 Å². The van der Waals surface area contributed by atoms with Crippen LogP contribution >= 0.6 is 0 Å². The molecule has 1 amide bonds. The number of hydrogen-bond donors (Lipinski definition) is 3. The SMILES string of the molecule is CCCC/C=C\CCCCCCCC(=O)OCCCCCCCCCCCCCCCCCCCCCCCCCCCCCCCCC(=O)NC(CO)C(O)/C=C/CCCCCCCCCCCCCCCCC. The molecule has 0 aromatic carbocycles. The molecule has 2 unspecified atom stereocenters. The first-order valence-corrected chi connectivity index (χ1v) is 34.1. The highest BCUT2D eigenvalue weighted by molar-refractivity contribution is 5.76. The average Bonchev–Trinajstić information content (AvgIpc) is 3.41. The summed E-state index contributed by atoms with van der Waals surface area (Å²) in [6.45, 7) is 4.90. The predicted octanol–water partition coefficient (Wildman–Crippen LogP) is 21.8. The third kappa shape index (κ3) is 61.4. The monoisotopic (exact) mass is 1060 g/mol. The molecule has 2 atom stereocenters. The Morgan fingerprint density at radius 1 is 0.360 bits per heavy atom. The fourth-order valence-corrected chi connectivity index (χ4v) is 10.7. The highest BCUT2D eigenvalue weighted by atomic mass is 16.5. The summed E-state index contributed by atoms with van der Waals surface area (Å²) >= 11 is 0. The topological polar surface area (TPSA) is 95.9 Å². The zero-order valence-electron chi connectivity index (χ0n) is 50.8. The standard InChI is InChI=1S/C69H133NO5/c1-3-5-7-9-11-13-15-16-17-32-35-38-42-45-49-53-57-61-67(72)66(65-71)70-68(73)62-58-54-50-46-43-39-36-33-30-28-26-24-22-20-18-19-21-23-25-27-29-31-34-37-40-44-48-52-56-60-64-75-69(74)63-59-55-51-47-41-14-12-10-8-6-4-2/h10,12,57,61,66-67,71-72H,3-9,11,13-56,58-60,62-65H2,1-2H3,(H,70,73)/b12-10-,61-57+. The zero-order valence-corrected chi connectivity index (χ0v) is 50.8. The van der Waals surface area contributed by atoms with Crippen LogP contribution in [0.1, 0.15) is 380 Å². The molecule has 0 bridgehead atoms. The lowest BCUT2D eigenvalue weighted by Crippen LogP contribution is -2.45. The van der Waals surface area contributed by atoms with E-state index < -0.39 is 12.1 Å². The van der Waals surface area contributed by atoms with E-state index in [1.165, 1.54) is 308 Å². The largest absolute Gasteiger partial charge is 0.466 e. The Hall–Kier alpha value is -1.66. The van der Waals surface area contributed by atoms with Crippen molar-refractivity contribution in [2.45, 2.75) is 392 Å². The highest BCUT2D eigenvalue weighted by Gasteiger charge is 2.18. The van der Waals surface area contributed by atoms with E-state index in [-0.39, 0.29) is 18.5 Å². The van der Waals surface area contributed by atoms with E-state index in [1.807, 2.05) is 6.08 Å². The first kappa shape index (κ1) is 73.3. The van der Waals surface area contributed by atoms with Crippen LogP contribution in [-0.2, 0) is 14.3 Å². The number of unbranched alkanes of at least 4 members (excludes halogenated alkanes) is 51. The first-order chi connectivity index (χ1) is 37.0. The van der Waals surface area contributed by atoms with Crippen molar-refractivity contribution in [3.05, 3.63) is 24.3 Å². The van der Waals surface area contributed by atoms with Crippen LogP contribution in [0, 0.1) is 0 Å². The second-order valence-electron chi connectivity index (χ2n) is 23.5. The summed E-state index contributed by atoms with van der Waals surface area (Å²) in [4.78, 5) is 24.5. The van der Waals surface area contributed by atoms with E-state index >= 15 is 0 Å². The molecular formula is C69H133NO5. The van der Waals surface area contributed by atoms with Crippen LogP contribution in [-0.4, -0.2) is 47.4 Å². The lowest BCUT2D eigenvalue weighted by molar-refractivity contribution is -0.143. The Bertz CT molecular complexity index is 1170. The van der Waals surface area contributed by atoms with E-state index in [1.54, 1.807) is 6.08 Å².